The average Bonchev–Trinajstić information content (AvgIpc) is 2.15. The van der Waals surface area contributed by atoms with E-state index in [0.29, 0.717) is 0 Å². The summed E-state index contributed by atoms with van der Waals surface area (Å²) in [6, 6.07) is 3.47. The number of nitrogens with one attached hydrogen (secondary N) is 1. The number of nitro groups is 1. The maximum Gasteiger partial charge on any atom is 0.296 e. The molecule has 0 radical (unpaired) electrons. The minimum absolute atomic E-state index is 0.0841. The van der Waals surface area contributed by atoms with E-state index in [-0.39, 0.29) is 17.1 Å². The van der Waals surface area contributed by atoms with Crippen molar-refractivity contribution in [1.82, 2.24) is 0 Å². The Balaban J connectivity index is 3.22. The fraction of sp³-hybridized carbons (Fsp3) is 0.143. The largest absolute Gasteiger partial charge is 0.495 e. The molecule has 0 amide bonds. The second kappa shape index (κ2) is 4.33. The highest BCUT2D eigenvalue weighted by molar-refractivity contribution is 7.90. The molecule has 0 saturated carbocycles. The molecular weight excluding hydrogens is 238 g/mol. The van der Waals surface area contributed by atoms with E-state index in [2.05, 4.69) is 0 Å². The van der Waals surface area contributed by atoms with Crippen LogP contribution in [0.15, 0.2) is 18.2 Å². The maximum absolute atomic E-state index is 10.8. The predicted octanol–water partition coefficient (Wildman–Crippen LogP) is 0.219. The van der Waals surface area contributed by atoms with Gasteiger partial charge in [0, 0.05) is 12.1 Å². The van der Waals surface area contributed by atoms with Crippen molar-refractivity contribution in [2.45, 2.75) is 0 Å². The van der Waals surface area contributed by atoms with E-state index in [1.807, 2.05) is 4.72 Å². The smallest absolute Gasteiger partial charge is 0.296 e. The third-order valence-electron chi connectivity index (χ3n) is 1.65. The summed E-state index contributed by atoms with van der Waals surface area (Å²) in [5, 5.41) is 15.2. The molecule has 8 nitrogen and oxygen atoms in total. The van der Waals surface area contributed by atoms with Crippen LogP contribution in [0.4, 0.5) is 11.4 Å². The van der Waals surface area contributed by atoms with Crippen LogP contribution in [-0.4, -0.2) is 20.5 Å². The highest BCUT2D eigenvalue weighted by Crippen LogP contribution is 2.29. The van der Waals surface area contributed by atoms with Gasteiger partial charge in [0.25, 0.3) is 15.9 Å². The molecule has 0 heterocycles. The van der Waals surface area contributed by atoms with Crippen molar-refractivity contribution >= 4 is 21.6 Å². The average molecular weight is 247 g/mol. The zero-order chi connectivity index (χ0) is 12.3. The Morgan fingerprint density at radius 2 is 2.12 bits per heavy atom. The molecule has 0 spiro atoms. The number of ether oxygens (including phenoxy) is 1. The lowest BCUT2D eigenvalue weighted by molar-refractivity contribution is -0.384. The summed E-state index contributed by atoms with van der Waals surface area (Å²) in [6.07, 6.45) is 0. The van der Waals surface area contributed by atoms with Gasteiger partial charge in [-0.25, -0.2) is 5.14 Å². The Morgan fingerprint density at radius 1 is 1.50 bits per heavy atom. The van der Waals surface area contributed by atoms with E-state index in [1.54, 1.807) is 0 Å². The Labute approximate surface area is 91.3 Å². The summed E-state index contributed by atoms with van der Waals surface area (Å²) in [6.45, 7) is 0. The second-order valence-corrected chi connectivity index (χ2v) is 4.08. The van der Waals surface area contributed by atoms with Gasteiger partial charge in [0.05, 0.1) is 17.7 Å². The van der Waals surface area contributed by atoms with Gasteiger partial charge in [0.2, 0.25) is 0 Å². The van der Waals surface area contributed by atoms with Gasteiger partial charge in [0.1, 0.15) is 5.75 Å². The van der Waals surface area contributed by atoms with Crippen molar-refractivity contribution in [3.63, 3.8) is 0 Å². The van der Waals surface area contributed by atoms with Crippen molar-refractivity contribution < 1.29 is 18.1 Å². The van der Waals surface area contributed by atoms with E-state index < -0.39 is 15.1 Å². The number of methoxy groups -OCH3 is 1. The molecule has 0 aliphatic heterocycles. The van der Waals surface area contributed by atoms with Crippen molar-refractivity contribution in [3.8, 4) is 5.75 Å². The quantitative estimate of drug-likeness (QED) is 0.581. The first-order chi connectivity index (χ1) is 7.33. The van der Waals surface area contributed by atoms with Gasteiger partial charge in [0.15, 0.2) is 0 Å². The molecule has 0 atom stereocenters. The first kappa shape index (κ1) is 12.2. The number of hydrogen-bond acceptors (Lipinski definition) is 5. The zero-order valence-electron chi connectivity index (χ0n) is 8.21. The number of hydrogen-bond donors (Lipinski definition) is 2. The fourth-order valence-corrected chi connectivity index (χ4v) is 1.51. The number of nitro benzene ring substituents is 1. The number of rotatable bonds is 4. The summed E-state index contributed by atoms with van der Waals surface area (Å²) in [4.78, 5) is 9.82. The highest BCUT2D eigenvalue weighted by Gasteiger charge is 2.14. The molecule has 1 aromatic carbocycles. The van der Waals surface area contributed by atoms with Crippen LogP contribution < -0.4 is 14.6 Å². The van der Waals surface area contributed by atoms with Gasteiger partial charge in [-0.05, 0) is 6.07 Å². The first-order valence-corrected chi connectivity index (χ1v) is 5.51. The maximum atomic E-state index is 10.8. The van der Waals surface area contributed by atoms with Crippen LogP contribution in [0, 0.1) is 10.1 Å². The Kier molecular flexibility index (Phi) is 3.30. The Morgan fingerprint density at radius 3 is 2.56 bits per heavy atom. The van der Waals surface area contributed by atoms with Gasteiger partial charge in [-0.2, -0.15) is 8.42 Å². The normalized spacial score (nSPS) is 10.9. The molecule has 1 aromatic rings. The summed E-state index contributed by atoms with van der Waals surface area (Å²) >= 11 is 0. The molecule has 3 N–H and O–H groups in total. The second-order valence-electron chi connectivity index (χ2n) is 2.79. The summed E-state index contributed by atoms with van der Waals surface area (Å²) < 4.78 is 28.3. The predicted molar refractivity (Wildman–Crippen MR) is 56.4 cm³/mol. The van der Waals surface area contributed by atoms with E-state index in [4.69, 9.17) is 9.88 Å². The molecule has 1 rings (SSSR count). The van der Waals surface area contributed by atoms with Crippen LogP contribution in [0.3, 0.4) is 0 Å². The first-order valence-electron chi connectivity index (χ1n) is 3.96. The number of benzene rings is 1. The highest BCUT2D eigenvalue weighted by atomic mass is 32.2. The Hall–Kier alpha value is -1.87. The van der Waals surface area contributed by atoms with E-state index in [0.717, 1.165) is 6.07 Å². The van der Waals surface area contributed by atoms with Gasteiger partial charge in [-0.15, -0.1) is 0 Å². The molecule has 0 bridgehead atoms. The van der Waals surface area contributed by atoms with Crippen molar-refractivity contribution in [1.29, 1.82) is 0 Å². The zero-order valence-corrected chi connectivity index (χ0v) is 9.02. The third kappa shape index (κ3) is 3.07. The molecule has 16 heavy (non-hydrogen) atoms. The molecular formula is C7H9N3O5S. The lowest BCUT2D eigenvalue weighted by Gasteiger charge is -2.08. The fourth-order valence-electron chi connectivity index (χ4n) is 1.04. The number of anilines is 1. The van der Waals surface area contributed by atoms with Crippen LogP contribution in [-0.2, 0) is 10.2 Å². The van der Waals surface area contributed by atoms with Gasteiger partial charge >= 0.3 is 0 Å². The minimum Gasteiger partial charge on any atom is -0.495 e. The lowest BCUT2D eigenvalue weighted by atomic mass is 10.2. The third-order valence-corrected chi connectivity index (χ3v) is 2.15. The van der Waals surface area contributed by atoms with Crippen LogP contribution in [0.5, 0.6) is 5.75 Å². The standard InChI is InChI=1S/C7H9N3O5S/c1-15-7-3-2-5(10(11)12)4-6(7)9-16(8,13)14/h2-4,9H,1H3,(H2,8,13,14). The molecule has 0 aliphatic rings. The van der Waals surface area contributed by atoms with Crippen LogP contribution >= 0.6 is 0 Å². The summed E-state index contributed by atoms with van der Waals surface area (Å²) in [5.41, 5.74) is -0.355. The monoisotopic (exact) mass is 247 g/mol. The molecule has 0 aromatic heterocycles. The van der Waals surface area contributed by atoms with Crippen molar-refractivity contribution in [2.24, 2.45) is 5.14 Å². The topological polar surface area (TPSA) is 125 Å². The van der Waals surface area contributed by atoms with Crippen LogP contribution in [0.1, 0.15) is 0 Å². The molecule has 9 heteroatoms. The van der Waals surface area contributed by atoms with E-state index in [9.17, 15) is 18.5 Å². The lowest BCUT2D eigenvalue weighted by Crippen LogP contribution is -2.22. The minimum atomic E-state index is -4.00. The van der Waals surface area contributed by atoms with Gasteiger partial charge in [-0.1, -0.05) is 0 Å². The molecule has 0 aliphatic carbocycles. The molecule has 0 saturated heterocycles. The SMILES string of the molecule is COc1ccc([N+](=O)[O-])cc1NS(N)(=O)=O. The number of nitrogens with two attached hydrogens (primary N) is 1. The summed E-state index contributed by atoms with van der Waals surface area (Å²) in [5.74, 6) is 0.139. The van der Waals surface area contributed by atoms with E-state index in [1.165, 1.54) is 19.2 Å². The van der Waals surface area contributed by atoms with Gasteiger partial charge < -0.3 is 4.74 Å². The summed E-state index contributed by atoms with van der Waals surface area (Å²) in [7, 11) is -2.70. The van der Waals surface area contributed by atoms with Crippen LogP contribution in [0.25, 0.3) is 0 Å². The van der Waals surface area contributed by atoms with Crippen molar-refractivity contribution in [2.75, 3.05) is 11.8 Å². The number of nitrogens with zero attached hydrogens (tertiary/aromatic N) is 1. The van der Waals surface area contributed by atoms with Crippen LogP contribution in [0.2, 0.25) is 0 Å². The Bertz CT molecular complexity index is 513. The van der Waals surface area contributed by atoms with E-state index >= 15 is 0 Å². The number of non-ortho nitro benzene ring substituents is 1. The van der Waals surface area contributed by atoms with Crippen molar-refractivity contribution in [3.05, 3.63) is 28.3 Å². The molecule has 0 fully saturated rings. The van der Waals surface area contributed by atoms with Gasteiger partial charge in [-0.3, -0.25) is 14.8 Å². The molecule has 88 valence electrons. The molecule has 0 unspecified atom stereocenters.